The molecule has 0 saturated carbocycles. The van der Waals surface area contributed by atoms with Crippen molar-refractivity contribution in [2.45, 2.75) is 30.8 Å². The zero-order valence-corrected chi connectivity index (χ0v) is 18.0. The van der Waals surface area contributed by atoms with Gasteiger partial charge >= 0.3 is 18.3 Å². The number of nitrogens with two attached hydrogens (primary N) is 1. The number of carbonyl (C=O) groups excluding carboxylic acids is 1. The smallest absolute Gasteiger partial charge is 0.408 e. The van der Waals surface area contributed by atoms with E-state index >= 15 is 0 Å². The van der Waals surface area contributed by atoms with Crippen molar-refractivity contribution in [1.82, 2.24) is 14.6 Å². The lowest BCUT2D eigenvalue weighted by atomic mass is 9.98. The van der Waals surface area contributed by atoms with Crippen LogP contribution in [0.5, 0.6) is 0 Å². The first-order valence-electron chi connectivity index (χ1n) is 8.04. The molecular formula is C14H15BrF7N5O3S. The van der Waals surface area contributed by atoms with E-state index in [-0.39, 0.29) is 8.91 Å². The fourth-order valence-corrected chi connectivity index (χ4v) is 5.31. The summed E-state index contributed by atoms with van der Waals surface area (Å²) >= 11 is 2.95. The van der Waals surface area contributed by atoms with Crippen LogP contribution in [0.2, 0.25) is 0 Å². The van der Waals surface area contributed by atoms with Gasteiger partial charge in [0, 0.05) is 7.05 Å². The first kappa shape index (κ1) is 25.7. The Labute approximate surface area is 179 Å². The molecule has 1 aromatic heterocycles. The Morgan fingerprint density at radius 1 is 1.39 bits per heavy atom. The Balaban J connectivity index is 2.68. The molecule has 1 aliphatic heterocycles. The maximum atomic E-state index is 14.5. The normalized spacial score (nSPS) is 30.2. The molecule has 1 fully saturated rings. The van der Waals surface area contributed by atoms with Gasteiger partial charge < -0.3 is 4.74 Å². The van der Waals surface area contributed by atoms with Gasteiger partial charge in [0.25, 0.3) is 5.97 Å². The van der Waals surface area contributed by atoms with Gasteiger partial charge in [-0.3, -0.25) is 5.73 Å². The number of ether oxygens (including phenoxy) is 1. The molecule has 1 unspecified atom stereocenters. The van der Waals surface area contributed by atoms with Gasteiger partial charge in [-0.2, -0.15) is 30.6 Å². The van der Waals surface area contributed by atoms with Crippen LogP contribution in [0.3, 0.4) is 0 Å². The predicted molar refractivity (Wildman–Crippen MR) is 95.6 cm³/mol. The molecule has 0 spiro atoms. The fraction of sp³-hybridized carbons (Fsp3) is 0.571. The number of hydrogen-bond donors (Lipinski definition) is 2. The third-order valence-electron chi connectivity index (χ3n) is 4.09. The van der Waals surface area contributed by atoms with Crippen LogP contribution in [0.25, 0.3) is 0 Å². The van der Waals surface area contributed by atoms with Gasteiger partial charge in [0.1, 0.15) is 26.9 Å². The molecule has 1 aromatic rings. The monoisotopic (exact) mass is 545 g/mol. The highest BCUT2D eigenvalue weighted by Crippen LogP contribution is 2.36. The van der Waals surface area contributed by atoms with E-state index in [1.54, 1.807) is 0 Å². The standard InChI is InChI=1S/C14H15BrF7N5O3S/c1-11(9-7(16)3-4-8(15)25-9)6-31(29,24-5-12(17,18)19)27(2)14(23,26-11)30-10(28)13(20,21)22/h3-4,26H,5-6,23H2,1-2H3/t11-,14?,31+/m0/s1. The highest BCUT2D eigenvalue weighted by Gasteiger charge is 2.57. The molecule has 0 bridgehead atoms. The van der Waals surface area contributed by atoms with E-state index in [1.165, 1.54) is 6.07 Å². The van der Waals surface area contributed by atoms with Crippen LogP contribution in [0.1, 0.15) is 12.6 Å². The molecule has 0 aliphatic carbocycles. The van der Waals surface area contributed by atoms with E-state index < -0.39 is 63.6 Å². The Bertz CT molecular complexity index is 997. The van der Waals surface area contributed by atoms with Crippen molar-refractivity contribution >= 4 is 31.8 Å². The summed E-state index contributed by atoms with van der Waals surface area (Å²) in [6.45, 7) is -0.895. The number of esters is 1. The second-order valence-electron chi connectivity index (χ2n) is 6.66. The van der Waals surface area contributed by atoms with Crippen molar-refractivity contribution in [3.05, 3.63) is 28.2 Å². The minimum atomic E-state index is -5.55. The van der Waals surface area contributed by atoms with Gasteiger partial charge in [-0.05, 0) is 35.0 Å². The second kappa shape index (κ2) is 8.09. The summed E-state index contributed by atoms with van der Waals surface area (Å²) < 4.78 is 112. The number of rotatable bonds is 3. The van der Waals surface area contributed by atoms with E-state index in [0.29, 0.717) is 0 Å². The van der Waals surface area contributed by atoms with Crippen LogP contribution in [-0.4, -0.2) is 57.1 Å². The zero-order chi connectivity index (χ0) is 24.0. The van der Waals surface area contributed by atoms with E-state index in [2.05, 4.69) is 35.3 Å². The van der Waals surface area contributed by atoms with Gasteiger partial charge in [0.05, 0.1) is 17.0 Å². The van der Waals surface area contributed by atoms with Gasteiger partial charge in [0.15, 0.2) is 0 Å². The van der Waals surface area contributed by atoms with E-state index in [9.17, 15) is 39.7 Å². The van der Waals surface area contributed by atoms with Crippen molar-refractivity contribution in [1.29, 1.82) is 0 Å². The highest BCUT2D eigenvalue weighted by molar-refractivity contribution is 9.10. The minimum absolute atomic E-state index is 0.0412. The zero-order valence-electron chi connectivity index (χ0n) is 15.6. The lowest BCUT2D eigenvalue weighted by Crippen LogP contribution is -2.77. The summed E-state index contributed by atoms with van der Waals surface area (Å²) in [6, 6.07) is 2.06. The Morgan fingerprint density at radius 3 is 2.48 bits per heavy atom. The quantitative estimate of drug-likeness (QED) is 0.261. The predicted octanol–water partition coefficient (Wildman–Crippen LogP) is 2.35. The molecule has 3 atom stereocenters. The third kappa shape index (κ3) is 5.63. The van der Waals surface area contributed by atoms with Crippen LogP contribution >= 0.6 is 15.9 Å². The fourth-order valence-electron chi connectivity index (χ4n) is 2.72. The highest BCUT2D eigenvalue weighted by atomic mass is 79.9. The van der Waals surface area contributed by atoms with Crippen molar-refractivity contribution in [2.75, 3.05) is 19.3 Å². The minimum Gasteiger partial charge on any atom is -0.408 e. The molecule has 8 nitrogen and oxygen atoms in total. The molecule has 2 rings (SSSR count). The lowest BCUT2D eigenvalue weighted by molar-refractivity contribution is -0.232. The molecule has 1 aliphatic rings. The summed E-state index contributed by atoms with van der Waals surface area (Å²) in [5, 5.41) is 2.21. The molecule has 0 amide bonds. The van der Waals surface area contributed by atoms with Crippen LogP contribution < -0.4 is 11.1 Å². The van der Waals surface area contributed by atoms with Crippen LogP contribution in [0.4, 0.5) is 30.7 Å². The summed E-state index contributed by atoms with van der Waals surface area (Å²) in [5.41, 5.74) is 3.06. The largest absolute Gasteiger partial charge is 0.491 e. The number of halogens is 8. The number of carbonyl (C=O) groups is 1. The van der Waals surface area contributed by atoms with Gasteiger partial charge in [-0.1, -0.05) is 0 Å². The first-order valence-corrected chi connectivity index (χ1v) is 10.5. The Hall–Kier alpha value is -1.56. The number of nitrogens with one attached hydrogen (secondary N) is 1. The van der Waals surface area contributed by atoms with Crippen molar-refractivity contribution < 1.29 is 44.5 Å². The first-order chi connectivity index (χ1) is 13.8. The number of pyridine rings is 1. The van der Waals surface area contributed by atoms with E-state index in [4.69, 9.17) is 5.73 Å². The van der Waals surface area contributed by atoms with E-state index in [1.807, 2.05) is 0 Å². The number of hydrogen-bond acceptors (Lipinski definition) is 7. The Morgan fingerprint density at radius 2 is 1.97 bits per heavy atom. The summed E-state index contributed by atoms with van der Waals surface area (Å²) in [5.74, 6) is -7.87. The maximum absolute atomic E-state index is 14.5. The Kier molecular flexibility index (Phi) is 6.71. The van der Waals surface area contributed by atoms with Crippen molar-refractivity contribution in [3.8, 4) is 0 Å². The SMILES string of the molecule is CN1C(N)(OC(=O)C(F)(F)F)N[C@](C)(c2nc(Br)ccc2F)C[S@@]1(=O)=NCC(F)(F)F. The van der Waals surface area contributed by atoms with Crippen LogP contribution in [0.15, 0.2) is 21.1 Å². The third-order valence-corrected chi connectivity index (χ3v) is 7.14. The lowest BCUT2D eigenvalue weighted by Gasteiger charge is -2.49. The maximum Gasteiger partial charge on any atom is 0.491 e. The molecule has 2 heterocycles. The summed E-state index contributed by atoms with van der Waals surface area (Å²) in [7, 11) is -3.56. The van der Waals surface area contributed by atoms with Crippen molar-refractivity contribution in [2.24, 2.45) is 10.1 Å². The van der Waals surface area contributed by atoms with Gasteiger partial charge in [0.2, 0.25) is 0 Å². The number of alkyl halides is 6. The molecule has 176 valence electrons. The molecule has 0 aromatic carbocycles. The molecular weight excluding hydrogens is 531 g/mol. The molecule has 1 saturated heterocycles. The second-order valence-corrected chi connectivity index (χ2v) is 9.78. The number of aromatic nitrogens is 1. The average Bonchev–Trinajstić information content (AvgIpc) is 2.58. The summed E-state index contributed by atoms with van der Waals surface area (Å²) in [6.07, 6.45) is -10.5. The molecule has 31 heavy (non-hydrogen) atoms. The summed E-state index contributed by atoms with van der Waals surface area (Å²) in [4.78, 5) is 15.2. The molecule has 3 N–H and O–H groups in total. The molecule has 0 radical (unpaired) electrons. The molecule has 17 heteroatoms. The van der Waals surface area contributed by atoms with Crippen LogP contribution in [0, 0.1) is 5.82 Å². The van der Waals surface area contributed by atoms with Crippen molar-refractivity contribution in [3.63, 3.8) is 0 Å². The van der Waals surface area contributed by atoms with Crippen LogP contribution in [-0.2, 0) is 25.0 Å². The van der Waals surface area contributed by atoms with E-state index in [0.717, 1.165) is 20.0 Å². The van der Waals surface area contributed by atoms with Gasteiger partial charge in [-0.25, -0.2) is 28.1 Å². The number of nitrogens with zero attached hydrogens (tertiary/aromatic N) is 3. The van der Waals surface area contributed by atoms with Gasteiger partial charge in [-0.15, -0.1) is 0 Å². The topological polar surface area (TPSA) is 110 Å². The average molecular weight is 546 g/mol.